The van der Waals surface area contributed by atoms with E-state index in [2.05, 4.69) is 154 Å². The molecule has 460 valence electrons. The highest BCUT2D eigenvalue weighted by Crippen LogP contribution is 2.16. The second-order valence-corrected chi connectivity index (χ2v) is 22.0. The van der Waals surface area contributed by atoms with Crippen molar-refractivity contribution in [1.82, 2.24) is 0 Å². The molecular weight excluding hydrogens is 997 g/mol. The second kappa shape index (κ2) is 68.1. The van der Waals surface area contributed by atoms with Gasteiger partial charge in [-0.1, -0.05) is 302 Å². The Labute approximate surface area is 500 Å². The molecule has 0 heterocycles. The maximum atomic E-state index is 12.9. The molecule has 0 spiro atoms. The fourth-order valence-corrected chi connectivity index (χ4v) is 9.18. The Hall–Kier alpha value is -4.45. The van der Waals surface area contributed by atoms with Gasteiger partial charge in [0.25, 0.3) is 0 Å². The minimum Gasteiger partial charge on any atom is -0.462 e. The predicted molar refractivity (Wildman–Crippen MR) is 353 cm³/mol. The normalized spacial score (nSPS) is 13.0. The molecule has 0 fully saturated rings. The van der Waals surface area contributed by atoms with E-state index in [1.807, 2.05) is 0 Å². The van der Waals surface area contributed by atoms with Gasteiger partial charge < -0.3 is 14.2 Å². The number of carbonyl (C=O) groups is 3. The number of hydrogen-bond acceptors (Lipinski definition) is 6. The first-order valence-corrected chi connectivity index (χ1v) is 33.7. The van der Waals surface area contributed by atoms with Gasteiger partial charge in [-0.3, -0.25) is 14.4 Å². The minimum absolute atomic E-state index is 0.0895. The lowest BCUT2D eigenvalue weighted by Crippen LogP contribution is -2.30. The first kappa shape index (κ1) is 76.5. The number of hydrogen-bond donors (Lipinski definition) is 0. The first-order valence-electron chi connectivity index (χ1n) is 33.7. The monoisotopic (exact) mass is 1120 g/mol. The molecule has 0 N–H and O–H groups in total. The largest absolute Gasteiger partial charge is 0.462 e. The summed E-state index contributed by atoms with van der Waals surface area (Å²) in [6.45, 7) is 6.41. The molecule has 6 heteroatoms. The van der Waals surface area contributed by atoms with E-state index in [9.17, 15) is 14.4 Å². The molecule has 0 radical (unpaired) electrons. The van der Waals surface area contributed by atoms with E-state index in [1.54, 1.807) is 0 Å². The molecular formula is C75H124O6. The summed E-state index contributed by atoms with van der Waals surface area (Å²) in [6.07, 6.45) is 96.0. The van der Waals surface area contributed by atoms with Gasteiger partial charge in [-0.15, -0.1) is 0 Å². The van der Waals surface area contributed by atoms with Gasteiger partial charge in [0, 0.05) is 19.3 Å². The van der Waals surface area contributed by atoms with Gasteiger partial charge in [-0.25, -0.2) is 0 Å². The third-order valence-electron chi connectivity index (χ3n) is 14.2. The number of unbranched alkanes of at least 4 members (excludes halogenated alkanes) is 27. The van der Waals surface area contributed by atoms with Crippen molar-refractivity contribution in [3.63, 3.8) is 0 Å². The van der Waals surface area contributed by atoms with Crippen LogP contribution in [-0.2, 0) is 28.6 Å². The highest BCUT2D eigenvalue weighted by Gasteiger charge is 2.19. The molecule has 0 aliphatic heterocycles. The lowest BCUT2D eigenvalue weighted by atomic mass is 10.0. The van der Waals surface area contributed by atoms with Crippen LogP contribution in [0, 0.1) is 0 Å². The summed E-state index contributed by atoms with van der Waals surface area (Å²) in [7, 11) is 0. The van der Waals surface area contributed by atoms with Gasteiger partial charge in [0.2, 0.25) is 0 Å². The van der Waals surface area contributed by atoms with Crippen LogP contribution in [0.25, 0.3) is 0 Å². The van der Waals surface area contributed by atoms with E-state index in [1.165, 1.54) is 109 Å². The third kappa shape index (κ3) is 66.2. The standard InChI is InChI=1S/C75H124O6/c1-4-7-10-13-16-19-22-25-28-30-32-34-35-36-37-38-39-41-42-44-47-50-53-56-59-62-65-68-74(77)80-71-72(70-79-73(76)67-64-61-58-55-52-49-46-27-24-21-18-15-12-9-6-3)81-75(78)69-66-63-60-57-54-51-48-45-43-40-33-31-29-26-23-20-17-14-11-8-5-2/h7-8,10-11,16-17,19-20,25-26,28-29,32-34,36-37,39-41,45,48,72H,4-6,9,12-15,18,21-24,27,30-31,35,38,42-44,46-47,49-71H2,1-3H3/b10-7-,11-8-,19-16-,20-17-,28-25-,29-26-,34-32-,37-36-,40-33-,41-39-,48-45-. The van der Waals surface area contributed by atoms with E-state index in [0.29, 0.717) is 19.3 Å². The quantitative estimate of drug-likeness (QED) is 0.0261. The molecule has 81 heavy (non-hydrogen) atoms. The summed E-state index contributed by atoms with van der Waals surface area (Å²) >= 11 is 0. The van der Waals surface area contributed by atoms with Gasteiger partial charge in [0.05, 0.1) is 0 Å². The van der Waals surface area contributed by atoms with Crippen molar-refractivity contribution in [3.05, 3.63) is 134 Å². The Morgan fingerprint density at radius 2 is 0.481 bits per heavy atom. The highest BCUT2D eigenvalue weighted by atomic mass is 16.6. The first-order chi connectivity index (χ1) is 40.0. The smallest absolute Gasteiger partial charge is 0.306 e. The SMILES string of the molecule is CC/C=C\C/C=C\C/C=C\C/C=C\C/C=C\C/C=C\CCCCCCCCCCC(=O)OCC(COC(=O)CCCCCCCCCCCCCCCCC)OC(=O)CCCCCCC/C=C\C/C=C\C/C=C\C/C=C\C/C=C\CC. The molecule has 0 bridgehead atoms. The fraction of sp³-hybridized carbons (Fsp3) is 0.667. The van der Waals surface area contributed by atoms with Crippen LogP contribution in [0.15, 0.2) is 134 Å². The van der Waals surface area contributed by atoms with E-state index in [4.69, 9.17) is 14.2 Å². The molecule has 0 aromatic heterocycles. The molecule has 1 unspecified atom stereocenters. The maximum Gasteiger partial charge on any atom is 0.306 e. The number of esters is 3. The van der Waals surface area contributed by atoms with Crippen LogP contribution in [0.4, 0.5) is 0 Å². The van der Waals surface area contributed by atoms with Gasteiger partial charge in [-0.2, -0.15) is 0 Å². The van der Waals surface area contributed by atoms with Crippen molar-refractivity contribution in [2.45, 2.75) is 309 Å². The lowest BCUT2D eigenvalue weighted by molar-refractivity contribution is -0.167. The molecule has 6 nitrogen and oxygen atoms in total. The lowest BCUT2D eigenvalue weighted by Gasteiger charge is -2.18. The van der Waals surface area contributed by atoms with Crippen molar-refractivity contribution in [3.8, 4) is 0 Å². The molecule has 0 amide bonds. The van der Waals surface area contributed by atoms with Gasteiger partial charge in [0.15, 0.2) is 6.10 Å². The average molecular weight is 1120 g/mol. The summed E-state index contributed by atoms with van der Waals surface area (Å²) in [5, 5.41) is 0. The van der Waals surface area contributed by atoms with E-state index >= 15 is 0 Å². The van der Waals surface area contributed by atoms with E-state index < -0.39 is 6.10 Å². The molecule has 0 aromatic rings. The highest BCUT2D eigenvalue weighted by molar-refractivity contribution is 5.71. The molecule has 0 aliphatic carbocycles. The van der Waals surface area contributed by atoms with Crippen LogP contribution in [0.3, 0.4) is 0 Å². The average Bonchev–Trinajstić information content (AvgIpc) is 3.47. The Bertz CT molecular complexity index is 1720. The van der Waals surface area contributed by atoms with Crippen LogP contribution in [-0.4, -0.2) is 37.2 Å². The zero-order valence-electron chi connectivity index (χ0n) is 52.8. The van der Waals surface area contributed by atoms with Gasteiger partial charge in [0.1, 0.15) is 13.2 Å². The number of allylic oxidation sites excluding steroid dienone is 22. The minimum atomic E-state index is -0.797. The van der Waals surface area contributed by atoms with Crippen molar-refractivity contribution < 1.29 is 28.6 Å². The molecule has 0 saturated carbocycles. The zero-order valence-corrected chi connectivity index (χ0v) is 52.8. The number of carbonyl (C=O) groups excluding carboxylic acids is 3. The topological polar surface area (TPSA) is 78.9 Å². The van der Waals surface area contributed by atoms with Gasteiger partial charge in [-0.05, 0) is 116 Å². The van der Waals surface area contributed by atoms with Crippen LogP contribution >= 0.6 is 0 Å². The van der Waals surface area contributed by atoms with E-state index in [0.717, 1.165) is 154 Å². The number of ether oxygens (including phenoxy) is 3. The van der Waals surface area contributed by atoms with Gasteiger partial charge >= 0.3 is 17.9 Å². The van der Waals surface area contributed by atoms with Crippen LogP contribution in [0.5, 0.6) is 0 Å². The molecule has 0 aromatic carbocycles. The molecule has 0 saturated heterocycles. The van der Waals surface area contributed by atoms with Crippen molar-refractivity contribution >= 4 is 17.9 Å². The summed E-state index contributed by atoms with van der Waals surface area (Å²) in [4.78, 5) is 38.4. The Balaban J connectivity index is 4.41. The summed E-state index contributed by atoms with van der Waals surface area (Å²) < 4.78 is 17.0. The van der Waals surface area contributed by atoms with Crippen molar-refractivity contribution in [2.75, 3.05) is 13.2 Å². The molecule has 0 aliphatic rings. The Morgan fingerprint density at radius 3 is 0.753 bits per heavy atom. The fourth-order valence-electron chi connectivity index (χ4n) is 9.18. The van der Waals surface area contributed by atoms with Crippen LogP contribution in [0.2, 0.25) is 0 Å². The molecule has 0 rings (SSSR count). The Morgan fingerprint density at radius 1 is 0.259 bits per heavy atom. The third-order valence-corrected chi connectivity index (χ3v) is 14.2. The van der Waals surface area contributed by atoms with Crippen molar-refractivity contribution in [1.29, 1.82) is 0 Å². The number of rotatable bonds is 60. The van der Waals surface area contributed by atoms with Crippen LogP contribution in [0.1, 0.15) is 303 Å². The maximum absolute atomic E-state index is 12.9. The second-order valence-electron chi connectivity index (χ2n) is 22.0. The summed E-state index contributed by atoms with van der Waals surface area (Å²) in [6, 6.07) is 0. The van der Waals surface area contributed by atoms with Crippen LogP contribution < -0.4 is 0 Å². The molecule has 1 atom stereocenters. The van der Waals surface area contributed by atoms with E-state index in [-0.39, 0.29) is 31.1 Å². The zero-order chi connectivity index (χ0) is 58.5. The van der Waals surface area contributed by atoms with Crippen molar-refractivity contribution in [2.24, 2.45) is 0 Å². The Kier molecular flexibility index (Phi) is 64.3. The summed E-state index contributed by atoms with van der Waals surface area (Å²) in [5.74, 6) is -0.910. The predicted octanol–water partition coefficient (Wildman–Crippen LogP) is 23.3. The summed E-state index contributed by atoms with van der Waals surface area (Å²) in [5.41, 5.74) is 0.